The molecule has 18 heavy (non-hydrogen) atoms. The largest absolute Gasteiger partial charge is 0.325 e. The lowest BCUT2D eigenvalue weighted by Crippen LogP contribution is -2.23. The molecule has 0 fully saturated rings. The highest BCUT2D eigenvalue weighted by molar-refractivity contribution is 8.00. The molecular formula is C15H23NOS. The molecule has 2 nitrogen and oxygen atoms in total. The highest BCUT2D eigenvalue weighted by Gasteiger charge is 2.13. The second kappa shape index (κ2) is 7.47. The van der Waals surface area contributed by atoms with Crippen molar-refractivity contribution in [2.75, 3.05) is 11.1 Å². The molecule has 0 spiro atoms. The van der Waals surface area contributed by atoms with Gasteiger partial charge in [-0.1, -0.05) is 31.0 Å². The lowest BCUT2D eigenvalue weighted by atomic mass is 10.1. The summed E-state index contributed by atoms with van der Waals surface area (Å²) in [6, 6.07) is 6.09. The van der Waals surface area contributed by atoms with E-state index in [0.717, 1.165) is 17.0 Å². The molecule has 0 radical (unpaired) electrons. The van der Waals surface area contributed by atoms with Crippen LogP contribution in [0.2, 0.25) is 0 Å². The van der Waals surface area contributed by atoms with Crippen LogP contribution in [-0.4, -0.2) is 16.9 Å². The Morgan fingerprint density at radius 3 is 2.72 bits per heavy atom. The SMILES string of the molecule is CCCCSC(C)C(=O)Nc1ccc(C)cc1C. The Labute approximate surface area is 115 Å². The van der Waals surface area contributed by atoms with E-state index in [0.29, 0.717) is 0 Å². The smallest absolute Gasteiger partial charge is 0.237 e. The third kappa shape index (κ3) is 4.73. The first-order valence-corrected chi connectivity index (χ1v) is 7.59. The van der Waals surface area contributed by atoms with Gasteiger partial charge in [0.2, 0.25) is 5.91 Å². The number of unbranched alkanes of at least 4 members (excludes halogenated alkanes) is 1. The van der Waals surface area contributed by atoms with E-state index >= 15 is 0 Å². The monoisotopic (exact) mass is 265 g/mol. The first-order chi connectivity index (χ1) is 8.54. The van der Waals surface area contributed by atoms with Gasteiger partial charge in [-0.3, -0.25) is 4.79 Å². The standard InChI is InChI=1S/C15H23NOS/c1-5-6-9-18-13(4)15(17)16-14-8-7-11(2)10-12(14)3/h7-8,10,13H,5-6,9H2,1-4H3,(H,16,17). The molecular weight excluding hydrogens is 242 g/mol. The van der Waals surface area contributed by atoms with Crippen molar-refractivity contribution in [3.8, 4) is 0 Å². The van der Waals surface area contributed by atoms with E-state index in [1.807, 2.05) is 26.0 Å². The van der Waals surface area contributed by atoms with Crippen LogP contribution in [-0.2, 0) is 4.79 Å². The molecule has 0 bridgehead atoms. The van der Waals surface area contributed by atoms with Gasteiger partial charge in [0.15, 0.2) is 0 Å². The maximum Gasteiger partial charge on any atom is 0.237 e. The molecule has 1 rings (SSSR count). The fourth-order valence-corrected chi connectivity index (χ4v) is 2.69. The predicted octanol–water partition coefficient (Wildman–Crippen LogP) is 4.16. The summed E-state index contributed by atoms with van der Waals surface area (Å²) in [5, 5.41) is 3.02. The Bertz CT molecular complexity index is 403. The molecule has 0 aliphatic heterocycles. The minimum absolute atomic E-state index is 0.0113. The van der Waals surface area contributed by atoms with Crippen LogP contribution in [0.5, 0.6) is 0 Å². The molecule has 0 saturated heterocycles. The Hall–Kier alpha value is -0.960. The van der Waals surface area contributed by atoms with Gasteiger partial charge in [0.25, 0.3) is 0 Å². The topological polar surface area (TPSA) is 29.1 Å². The van der Waals surface area contributed by atoms with Crippen molar-refractivity contribution < 1.29 is 4.79 Å². The Morgan fingerprint density at radius 1 is 1.39 bits per heavy atom. The van der Waals surface area contributed by atoms with Gasteiger partial charge in [-0.25, -0.2) is 0 Å². The van der Waals surface area contributed by atoms with Crippen LogP contribution in [0.4, 0.5) is 5.69 Å². The third-order valence-electron chi connectivity index (χ3n) is 2.87. The number of thioether (sulfide) groups is 1. The number of benzene rings is 1. The van der Waals surface area contributed by atoms with Gasteiger partial charge in [-0.2, -0.15) is 0 Å². The van der Waals surface area contributed by atoms with Crippen molar-refractivity contribution in [2.24, 2.45) is 0 Å². The number of hydrogen-bond acceptors (Lipinski definition) is 2. The molecule has 1 unspecified atom stereocenters. The number of carbonyl (C=O) groups excluding carboxylic acids is 1. The molecule has 0 aliphatic rings. The van der Waals surface area contributed by atoms with Crippen molar-refractivity contribution in [3.63, 3.8) is 0 Å². The molecule has 1 atom stereocenters. The number of carbonyl (C=O) groups is 1. The van der Waals surface area contributed by atoms with Gasteiger partial charge in [-0.05, 0) is 44.6 Å². The van der Waals surface area contributed by atoms with Gasteiger partial charge < -0.3 is 5.32 Å². The fraction of sp³-hybridized carbons (Fsp3) is 0.533. The predicted molar refractivity (Wildman–Crippen MR) is 81.4 cm³/mol. The molecule has 0 aromatic heterocycles. The average molecular weight is 265 g/mol. The number of nitrogens with one attached hydrogen (secondary N) is 1. The molecule has 3 heteroatoms. The lowest BCUT2D eigenvalue weighted by molar-refractivity contribution is -0.115. The van der Waals surface area contributed by atoms with Gasteiger partial charge in [0, 0.05) is 5.69 Å². The summed E-state index contributed by atoms with van der Waals surface area (Å²) in [4.78, 5) is 12.0. The minimum atomic E-state index is 0.0113. The molecule has 1 N–H and O–H groups in total. The zero-order chi connectivity index (χ0) is 13.5. The summed E-state index contributed by atoms with van der Waals surface area (Å²) in [6.07, 6.45) is 2.35. The normalized spacial score (nSPS) is 12.2. The van der Waals surface area contributed by atoms with E-state index in [1.54, 1.807) is 11.8 Å². The van der Waals surface area contributed by atoms with Gasteiger partial charge >= 0.3 is 0 Å². The molecule has 0 aliphatic carbocycles. The Morgan fingerprint density at radius 2 is 2.11 bits per heavy atom. The second-order valence-corrected chi connectivity index (χ2v) is 6.12. The summed E-state index contributed by atoms with van der Waals surface area (Å²) in [5.74, 6) is 1.15. The first kappa shape index (κ1) is 15.1. The van der Waals surface area contributed by atoms with Crippen molar-refractivity contribution in [3.05, 3.63) is 29.3 Å². The molecule has 0 heterocycles. The highest BCUT2D eigenvalue weighted by atomic mass is 32.2. The van der Waals surface area contributed by atoms with Crippen LogP contribution in [0.3, 0.4) is 0 Å². The van der Waals surface area contributed by atoms with E-state index < -0.39 is 0 Å². The van der Waals surface area contributed by atoms with Crippen LogP contribution < -0.4 is 5.32 Å². The van der Waals surface area contributed by atoms with Crippen molar-refractivity contribution in [2.45, 2.75) is 45.8 Å². The lowest BCUT2D eigenvalue weighted by Gasteiger charge is -2.13. The van der Waals surface area contributed by atoms with E-state index in [9.17, 15) is 4.79 Å². The van der Waals surface area contributed by atoms with E-state index in [1.165, 1.54) is 18.4 Å². The zero-order valence-corrected chi connectivity index (χ0v) is 12.6. The van der Waals surface area contributed by atoms with Gasteiger partial charge in [0.05, 0.1) is 5.25 Å². The summed E-state index contributed by atoms with van der Waals surface area (Å²) < 4.78 is 0. The second-order valence-electron chi connectivity index (χ2n) is 4.67. The average Bonchev–Trinajstić information content (AvgIpc) is 2.32. The van der Waals surface area contributed by atoms with Crippen LogP contribution in [0.25, 0.3) is 0 Å². The first-order valence-electron chi connectivity index (χ1n) is 6.54. The molecule has 0 saturated carbocycles. The van der Waals surface area contributed by atoms with Crippen molar-refractivity contribution in [1.29, 1.82) is 0 Å². The third-order valence-corrected chi connectivity index (χ3v) is 4.11. The number of anilines is 1. The summed E-state index contributed by atoms with van der Waals surface area (Å²) in [5.41, 5.74) is 3.26. The highest BCUT2D eigenvalue weighted by Crippen LogP contribution is 2.19. The number of hydrogen-bond donors (Lipinski definition) is 1. The van der Waals surface area contributed by atoms with Crippen molar-refractivity contribution >= 4 is 23.4 Å². The Kier molecular flexibility index (Phi) is 6.27. The van der Waals surface area contributed by atoms with Crippen LogP contribution in [0.15, 0.2) is 18.2 Å². The van der Waals surface area contributed by atoms with Crippen LogP contribution >= 0.6 is 11.8 Å². The van der Waals surface area contributed by atoms with E-state index in [4.69, 9.17) is 0 Å². The summed E-state index contributed by atoms with van der Waals surface area (Å²) >= 11 is 1.73. The maximum absolute atomic E-state index is 12.0. The Balaban J connectivity index is 2.53. The van der Waals surface area contributed by atoms with Gasteiger partial charge in [0.1, 0.15) is 0 Å². The number of amides is 1. The minimum Gasteiger partial charge on any atom is -0.325 e. The van der Waals surface area contributed by atoms with Crippen LogP contribution in [0.1, 0.15) is 37.8 Å². The van der Waals surface area contributed by atoms with Crippen LogP contribution in [0, 0.1) is 13.8 Å². The summed E-state index contributed by atoms with van der Waals surface area (Å²) in [6.45, 7) is 8.22. The van der Waals surface area contributed by atoms with Gasteiger partial charge in [-0.15, -0.1) is 11.8 Å². The van der Waals surface area contributed by atoms with E-state index in [-0.39, 0.29) is 11.2 Å². The summed E-state index contributed by atoms with van der Waals surface area (Å²) in [7, 11) is 0. The zero-order valence-electron chi connectivity index (χ0n) is 11.7. The molecule has 100 valence electrons. The molecule has 1 aromatic carbocycles. The quantitative estimate of drug-likeness (QED) is 0.782. The molecule has 1 amide bonds. The van der Waals surface area contributed by atoms with E-state index in [2.05, 4.69) is 25.2 Å². The van der Waals surface area contributed by atoms with Crippen molar-refractivity contribution in [1.82, 2.24) is 0 Å². The fourth-order valence-electron chi connectivity index (χ4n) is 1.67. The maximum atomic E-state index is 12.0. The number of aryl methyl sites for hydroxylation is 2. The molecule has 1 aromatic rings. The number of rotatable bonds is 6.